The maximum atomic E-state index is 9.55. The Morgan fingerprint density at radius 2 is 2.23 bits per heavy atom. The average Bonchev–Trinajstić information content (AvgIpc) is 2.33. The van der Waals surface area contributed by atoms with E-state index >= 15 is 0 Å². The van der Waals surface area contributed by atoms with E-state index in [2.05, 4.69) is 5.10 Å². The molecule has 0 bridgehead atoms. The molecule has 0 saturated carbocycles. The maximum Gasteiger partial charge on any atom is 0.0877 e. The Bertz CT molecular complexity index is 275. The van der Waals surface area contributed by atoms with Crippen LogP contribution < -0.4 is 0 Å². The highest BCUT2D eigenvalue weighted by atomic mass is 16.3. The minimum atomic E-state index is -1.07. The largest absolute Gasteiger partial charge is 0.390 e. The lowest BCUT2D eigenvalue weighted by atomic mass is 9.98. The van der Waals surface area contributed by atoms with E-state index in [1.54, 1.807) is 18.5 Å². The molecule has 1 heterocycles. The van der Waals surface area contributed by atoms with E-state index < -0.39 is 11.7 Å². The smallest absolute Gasteiger partial charge is 0.0877 e. The summed E-state index contributed by atoms with van der Waals surface area (Å²) in [6.45, 7) is 3.17. The van der Waals surface area contributed by atoms with Gasteiger partial charge in [0.15, 0.2) is 0 Å². The topological polar surface area (TPSA) is 58.3 Å². The van der Waals surface area contributed by atoms with Crippen LogP contribution in [0, 0.1) is 0 Å². The van der Waals surface area contributed by atoms with Crippen LogP contribution in [-0.2, 0) is 13.5 Å². The van der Waals surface area contributed by atoms with Gasteiger partial charge >= 0.3 is 0 Å². The Labute approximate surface area is 77.8 Å². The van der Waals surface area contributed by atoms with Gasteiger partial charge in [-0.05, 0) is 19.9 Å². The molecule has 4 nitrogen and oxygen atoms in total. The number of hydrogen-bond acceptors (Lipinski definition) is 3. The molecule has 74 valence electrons. The number of rotatable bonds is 3. The second-order valence-electron chi connectivity index (χ2n) is 3.85. The predicted octanol–water partition coefficient (Wildman–Crippen LogP) is 0.0944. The highest BCUT2D eigenvalue weighted by molar-refractivity contribution is 5.02. The van der Waals surface area contributed by atoms with Crippen molar-refractivity contribution >= 4 is 0 Å². The van der Waals surface area contributed by atoms with Gasteiger partial charge in [0.05, 0.1) is 17.4 Å². The van der Waals surface area contributed by atoms with Crippen LogP contribution in [0.3, 0.4) is 0 Å². The molecule has 0 amide bonds. The van der Waals surface area contributed by atoms with Gasteiger partial charge in [-0.2, -0.15) is 5.10 Å². The fourth-order valence-corrected chi connectivity index (χ4v) is 1.02. The number of aliphatic hydroxyl groups is 2. The quantitative estimate of drug-likeness (QED) is 0.700. The molecule has 1 atom stereocenters. The van der Waals surface area contributed by atoms with E-state index in [1.807, 2.05) is 19.3 Å². The van der Waals surface area contributed by atoms with Crippen molar-refractivity contribution in [3.8, 4) is 0 Å². The summed E-state index contributed by atoms with van der Waals surface area (Å²) < 4.78 is 1.67. The Morgan fingerprint density at radius 3 is 2.62 bits per heavy atom. The van der Waals surface area contributed by atoms with Gasteiger partial charge < -0.3 is 10.2 Å². The Balaban J connectivity index is 2.60. The summed E-state index contributed by atoms with van der Waals surface area (Å²) in [7, 11) is 1.82. The van der Waals surface area contributed by atoms with E-state index in [1.165, 1.54) is 0 Å². The molecule has 0 fully saturated rings. The Hall–Kier alpha value is -0.870. The Morgan fingerprint density at radius 1 is 1.62 bits per heavy atom. The van der Waals surface area contributed by atoms with Crippen molar-refractivity contribution in [1.29, 1.82) is 0 Å². The van der Waals surface area contributed by atoms with Gasteiger partial charge in [-0.25, -0.2) is 0 Å². The zero-order valence-electron chi connectivity index (χ0n) is 8.23. The summed E-state index contributed by atoms with van der Waals surface area (Å²) in [4.78, 5) is 0. The fraction of sp³-hybridized carbons (Fsp3) is 0.667. The summed E-state index contributed by atoms with van der Waals surface area (Å²) >= 11 is 0. The van der Waals surface area contributed by atoms with Gasteiger partial charge in [0, 0.05) is 19.7 Å². The summed E-state index contributed by atoms with van der Waals surface area (Å²) in [5, 5.41) is 23.1. The van der Waals surface area contributed by atoms with Crippen LogP contribution in [0.2, 0.25) is 0 Å². The third kappa shape index (κ3) is 2.82. The second kappa shape index (κ2) is 3.47. The zero-order valence-corrected chi connectivity index (χ0v) is 8.23. The highest BCUT2D eigenvalue weighted by Crippen LogP contribution is 2.12. The minimum Gasteiger partial charge on any atom is -0.390 e. The maximum absolute atomic E-state index is 9.55. The summed E-state index contributed by atoms with van der Waals surface area (Å²) in [6, 6.07) is 1.83. The van der Waals surface area contributed by atoms with E-state index in [0.29, 0.717) is 6.42 Å². The number of aryl methyl sites for hydroxylation is 1. The van der Waals surface area contributed by atoms with E-state index in [9.17, 15) is 10.2 Å². The SMILES string of the molecule is Cn1ccc(CC(O)C(C)(C)O)n1. The van der Waals surface area contributed by atoms with Crippen molar-refractivity contribution in [2.45, 2.75) is 32.0 Å². The van der Waals surface area contributed by atoms with Crippen molar-refractivity contribution in [3.63, 3.8) is 0 Å². The molecular weight excluding hydrogens is 168 g/mol. The summed E-state index contributed by atoms with van der Waals surface area (Å²) in [5.74, 6) is 0. The molecule has 0 aliphatic rings. The number of aliphatic hydroxyl groups excluding tert-OH is 1. The molecule has 0 aliphatic carbocycles. The molecule has 4 heteroatoms. The number of nitrogens with zero attached hydrogens (tertiary/aromatic N) is 2. The van der Waals surface area contributed by atoms with Crippen LogP contribution in [0.1, 0.15) is 19.5 Å². The molecule has 1 unspecified atom stereocenters. The molecule has 1 aromatic rings. The molecule has 0 spiro atoms. The molecule has 1 rings (SSSR count). The summed E-state index contributed by atoms with van der Waals surface area (Å²) in [5.41, 5.74) is -0.283. The van der Waals surface area contributed by atoms with Crippen LogP contribution >= 0.6 is 0 Å². The lowest BCUT2D eigenvalue weighted by Gasteiger charge is -2.23. The van der Waals surface area contributed by atoms with Crippen LogP contribution in [0.5, 0.6) is 0 Å². The predicted molar refractivity (Wildman–Crippen MR) is 49.2 cm³/mol. The Kier molecular flexibility index (Phi) is 2.73. The third-order valence-electron chi connectivity index (χ3n) is 1.99. The normalized spacial score (nSPS) is 14.5. The molecular formula is C9H16N2O2. The number of hydrogen-bond donors (Lipinski definition) is 2. The average molecular weight is 184 g/mol. The first-order chi connectivity index (χ1) is 5.89. The van der Waals surface area contributed by atoms with Crippen molar-refractivity contribution < 1.29 is 10.2 Å². The van der Waals surface area contributed by atoms with Gasteiger partial charge in [-0.3, -0.25) is 4.68 Å². The van der Waals surface area contributed by atoms with Crippen LogP contribution in [-0.4, -0.2) is 31.7 Å². The molecule has 0 aliphatic heterocycles. The van der Waals surface area contributed by atoms with Crippen molar-refractivity contribution in [2.75, 3.05) is 0 Å². The van der Waals surface area contributed by atoms with Crippen molar-refractivity contribution in [1.82, 2.24) is 9.78 Å². The van der Waals surface area contributed by atoms with Gasteiger partial charge in [0.2, 0.25) is 0 Å². The standard InChI is InChI=1S/C9H16N2O2/c1-9(2,13)8(12)6-7-4-5-11(3)10-7/h4-5,8,12-13H,6H2,1-3H3. The third-order valence-corrected chi connectivity index (χ3v) is 1.99. The van der Waals surface area contributed by atoms with Crippen molar-refractivity contribution in [3.05, 3.63) is 18.0 Å². The molecule has 0 saturated heterocycles. The van der Waals surface area contributed by atoms with Crippen LogP contribution in [0.4, 0.5) is 0 Å². The van der Waals surface area contributed by atoms with Gasteiger partial charge in [-0.1, -0.05) is 0 Å². The molecule has 13 heavy (non-hydrogen) atoms. The molecule has 0 aromatic carbocycles. The fourth-order valence-electron chi connectivity index (χ4n) is 1.02. The second-order valence-corrected chi connectivity index (χ2v) is 3.85. The van der Waals surface area contributed by atoms with Crippen LogP contribution in [0.15, 0.2) is 12.3 Å². The van der Waals surface area contributed by atoms with Crippen molar-refractivity contribution in [2.24, 2.45) is 7.05 Å². The van der Waals surface area contributed by atoms with E-state index in [-0.39, 0.29) is 0 Å². The highest BCUT2D eigenvalue weighted by Gasteiger charge is 2.25. The molecule has 2 N–H and O–H groups in total. The number of aromatic nitrogens is 2. The molecule has 1 aromatic heterocycles. The lowest BCUT2D eigenvalue weighted by Crippen LogP contribution is -2.37. The van der Waals surface area contributed by atoms with Crippen LogP contribution in [0.25, 0.3) is 0 Å². The van der Waals surface area contributed by atoms with Gasteiger partial charge in [-0.15, -0.1) is 0 Å². The lowest BCUT2D eigenvalue weighted by molar-refractivity contribution is -0.0474. The zero-order chi connectivity index (χ0) is 10.1. The summed E-state index contributed by atoms with van der Waals surface area (Å²) in [6.07, 6.45) is 1.42. The first-order valence-electron chi connectivity index (χ1n) is 4.28. The first-order valence-corrected chi connectivity index (χ1v) is 4.28. The van der Waals surface area contributed by atoms with E-state index in [0.717, 1.165) is 5.69 Å². The monoisotopic (exact) mass is 184 g/mol. The molecule has 0 radical (unpaired) electrons. The van der Waals surface area contributed by atoms with Gasteiger partial charge in [0.25, 0.3) is 0 Å². The van der Waals surface area contributed by atoms with Gasteiger partial charge in [0.1, 0.15) is 0 Å². The first kappa shape index (κ1) is 10.2. The minimum absolute atomic E-state index is 0.379. The van der Waals surface area contributed by atoms with E-state index in [4.69, 9.17) is 0 Å².